The van der Waals surface area contributed by atoms with Gasteiger partial charge in [0.15, 0.2) is 0 Å². The van der Waals surface area contributed by atoms with E-state index in [1.807, 2.05) is 0 Å². The second-order valence-electron chi connectivity index (χ2n) is 8.56. The van der Waals surface area contributed by atoms with Gasteiger partial charge in [-0.05, 0) is 68.4 Å². The number of hydrogen-bond acceptors (Lipinski definition) is 3. The fraction of sp³-hybridized carbons (Fsp3) is 0.611. The van der Waals surface area contributed by atoms with Crippen molar-refractivity contribution in [3.8, 4) is 0 Å². The molecule has 1 aromatic rings. The van der Waals surface area contributed by atoms with Crippen LogP contribution in [0.1, 0.15) is 44.1 Å². The van der Waals surface area contributed by atoms with Crippen molar-refractivity contribution in [1.82, 2.24) is 0 Å². The number of rotatable bonds is 1. The fourth-order valence-corrected chi connectivity index (χ4v) is 7.25. The van der Waals surface area contributed by atoms with E-state index in [4.69, 9.17) is 0 Å². The Bertz CT molecular complexity index is 933. The standard InChI is InChI=1S/C18H18F4N2O2S/c19-13-5-15-14(4-12(13)18(20,21)22)23-16(24-27(15,25)26)17-6-9-1-10(7-17)3-11(2-9)8-17/h4-5,9-11H,1-3,6-8H2,(H,23,24). The van der Waals surface area contributed by atoms with Crippen LogP contribution in [-0.4, -0.2) is 14.3 Å². The number of alkyl halides is 3. The Labute approximate surface area is 154 Å². The van der Waals surface area contributed by atoms with Gasteiger partial charge in [0.2, 0.25) is 0 Å². The van der Waals surface area contributed by atoms with Crippen molar-refractivity contribution in [2.45, 2.75) is 49.6 Å². The van der Waals surface area contributed by atoms with E-state index >= 15 is 0 Å². The third kappa shape index (κ3) is 2.61. The zero-order valence-electron chi connectivity index (χ0n) is 14.3. The molecule has 1 aliphatic heterocycles. The average molecular weight is 402 g/mol. The molecule has 0 amide bonds. The number of fused-ring (bicyclic) bond motifs is 1. The molecule has 5 aliphatic rings. The molecule has 146 valence electrons. The first-order valence-corrected chi connectivity index (χ1v) is 10.5. The van der Waals surface area contributed by atoms with E-state index in [1.54, 1.807) is 0 Å². The summed E-state index contributed by atoms with van der Waals surface area (Å²) in [6.45, 7) is 0. The molecule has 27 heavy (non-hydrogen) atoms. The molecule has 1 heterocycles. The Hall–Kier alpha value is -1.64. The van der Waals surface area contributed by atoms with Gasteiger partial charge in [0.25, 0.3) is 10.0 Å². The molecule has 4 nitrogen and oxygen atoms in total. The number of anilines is 1. The van der Waals surface area contributed by atoms with Crippen LogP contribution >= 0.6 is 0 Å². The van der Waals surface area contributed by atoms with Crippen LogP contribution in [0.4, 0.5) is 23.2 Å². The third-order valence-electron chi connectivity index (χ3n) is 6.66. The van der Waals surface area contributed by atoms with Crippen molar-refractivity contribution in [3.63, 3.8) is 0 Å². The average Bonchev–Trinajstić information content (AvgIpc) is 2.52. The molecule has 0 unspecified atom stereocenters. The topological polar surface area (TPSA) is 58.5 Å². The Kier molecular flexibility index (Phi) is 3.39. The van der Waals surface area contributed by atoms with Gasteiger partial charge >= 0.3 is 6.18 Å². The predicted molar refractivity (Wildman–Crippen MR) is 90.3 cm³/mol. The quantitative estimate of drug-likeness (QED) is 0.700. The number of amidine groups is 1. The van der Waals surface area contributed by atoms with E-state index in [2.05, 4.69) is 9.71 Å². The Morgan fingerprint density at radius 3 is 2.11 bits per heavy atom. The molecule has 0 radical (unpaired) electrons. The Morgan fingerprint density at radius 2 is 1.59 bits per heavy atom. The summed E-state index contributed by atoms with van der Waals surface area (Å²) in [6.07, 6.45) is 0.937. The lowest BCUT2D eigenvalue weighted by molar-refractivity contribution is -0.140. The van der Waals surface area contributed by atoms with Crippen molar-refractivity contribution in [3.05, 3.63) is 23.5 Å². The fourth-order valence-electron chi connectivity index (χ4n) is 6.03. The number of nitrogens with one attached hydrogen (secondary N) is 1. The molecular weight excluding hydrogens is 384 g/mol. The van der Waals surface area contributed by atoms with E-state index in [0.29, 0.717) is 29.9 Å². The third-order valence-corrected chi connectivity index (χ3v) is 7.97. The highest BCUT2D eigenvalue weighted by Crippen LogP contribution is 2.61. The minimum Gasteiger partial charge on any atom is -0.341 e. The number of hydrogen-bond donors (Lipinski definition) is 1. The lowest BCUT2D eigenvalue weighted by Crippen LogP contribution is -2.52. The van der Waals surface area contributed by atoms with Crippen molar-refractivity contribution in [2.75, 3.05) is 5.32 Å². The molecule has 1 N–H and O–H groups in total. The van der Waals surface area contributed by atoms with E-state index in [0.717, 1.165) is 38.5 Å². The van der Waals surface area contributed by atoms with E-state index in [1.165, 1.54) is 0 Å². The second-order valence-corrected chi connectivity index (χ2v) is 10.1. The molecule has 6 rings (SSSR count). The minimum absolute atomic E-state index is 0.232. The summed E-state index contributed by atoms with van der Waals surface area (Å²) in [5.41, 5.74) is -2.13. The number of halogens is 4. The summed E-state index contributed by atoms with van der Waals surface area (Å²) < 4.78 is 82.2. The molecule has 0 spiro atoms. The molecule has 4 fully saturated rings. The summed E-state index contributed by atoms with van der Waals surface area (Å²) in [4.78, 5) is -0.540. The van der Waals surface area contributed by atoms with Crippen LogP contribution in [-0.2, 0) is 16.2 Å². The molecule has 4 aliphatic carbocycles. The summed E-state index contributed by atoms with van der Waals surface area (Å²) in [7, 11) is -4.25. The molecule has 9 heteroatoms. The first kappa shape index (κ1) is 17.5. The number of sulfonamides is 1. The SMILES string of the molecule is O=S1(=O)N=C(C23CC4CC(CC(C4)C2)C3)Nc2cc(C(F)(F)F)c(F)cc21. The Balaban J connectivity index is 1.60. The number of benzene rings is 1. The summed E-state index contributed by atoms with van der Waals surface area (Å²) in [5.74, 6) is 0.185. The lowest BCUT2D eigenvalue weighted by Gasteiger charge is -2.57. The first-order chi connectivity index (χ1) is 12.6. The lowest BCUT2D eigenvalue weighted by atomic mass is 9.49. The largest absolute Gasteiger partial charge is 0.419 e. The van der Waals surface area contributed by atoms with Crippen LogP contribution in [0.3, 0.4) is 0 Å². The van der Waals surface area contributed by atoms with Gasteiger partial charge in [0.1, 0.15) is 16.5 Å². The number of nitrogens with zero attached hydrogens (tertiary/aromatic N) is 1. The molecule has 4 bridgehead atoms. The van der Waals surface area contributed by atoms with E-state index < -0.39 is 37.9 Å². The molecule has 4 saturated carbocycles. The van der Waals surface area contributed by atoms with Crippen LogP contribution in [0.2, 0.25) is 0 Å². The van der Waals surface area contributed by atoms with Crippen LogP contribution in [0.25, 0.3) is 0 Å². The highest BCUT2D eigenvalue weighted by molar-refractivity contribution is 7.90. The van der Waals surface area contributed by atoms with Gasteiger partial charge < -0.3 is 5.32 Å². The van der Waals surface area contributed by atoms with Gasteiger partial charge in [-0.15, -0.1) is 4.40 Å². The predicted octanol–water partition coefficient (Wildman–Crippen LogP) is 4.57. The highest BCUT2D eigenvalue weighted by atomic mass is 32.2. The maximum absolute atomic E-state index is 13.9. The van der Waals surface area contributed by atoms with Crippen LogP contribution in [0, 0.1) is 29.0 Å². The van der Waals surface area contributed by atoms with Crippen molar-refractivity contribution < 1.29 is 26.0 Å². The first-order valence-electron chi connectivity index (χ1n) is 9.09. The minimum atomic E-state index is -4.90. The van der Waals surface area contributed by atoms with E-state index in [-0.39, 0.29) is 11.5 Å². The monoisotopic (exact) mass is 402 g/mol. The van der Waals surface area contributed by atoms with Crippen molar-refractivity contribution in [2.24, 2.45) is 27.6 Å². The van der Waals surface area contributed by atoms with Crippen molar-refractivity contribution in [1.29, 1.82) is 0 Å². The van der Waals surface area contributed by atoms with Crippen LogP contribution in [0.15, 0.2) is 21.4 Å². The smallest absolute Gasteiger partial charge is 0.341 e. The van der Waals surface area contributed by atoms with Gasteiger partial charge in [-0.3, -0.25) is 0 Å². The van der Waals surface area contributed by atoms with Crippen molar-refractivity contribution >= 4 is 21.5 Å². The van der Waals surface area contributed by atoms with Gasteiger partial charge in [-0.1, -0.05) is 0 Å². The zero-order valence-corrected chi connectivity index (χ0v) is 15.1. The molecule has 0 atom stereocenters. The Morgan fingerprint density at radius 1 is 1.04 bits per heavy atom. The maximum Gasteiger partial charge on any atom is 0.419 e. The maximum atomic E-state index is 13.9. The summed E-state index contributed by atoms with van der Waals surface area (Å²) >= 11 is 0. The van der Waals surface area contributed by atoms with Gasteiger partial charge in [-0.2, -0.15) is 21.6 Å². The second kappa shape index (κ2) is 5.24. The zero-order chi connectivity index (χ0) is 19.2. The summed E-state index contributed by atoms with van der Waals surface area (Å²) in [5, 5.41) is 2.85. The van der Waals surface area contributed by atoms with Crippen LogP contribution in [0.5, 0.6) is 0 Å². The normalized spacial score (nSPS) is 36.1. The summed E-state index contributed by atoms with van der Waals surface area (Å²) in [6, 6.07) is 0.970. The molecular formula is C18H18F4N2O2S. The molecule has 0 aromatic heterocycles. The van der Waals surface area contributed by atoms with Gasteiger partial charge in [0, 0.05) is 5.41 Å². The van der Waals surface area contributed by atoms with E-state index in [9.17, 15) is 26.0 Å². The van der Waals surface area contributed by atoms with Gasteiger partial charge in [0.05, 0.1) is 11.3 Å². The van der Waals surface area contributed by atoms with Crippen LogP contribution < -0.4 is 5.32 Å². The molecule has 1 aromatic carbocycles. The molecule has 0 saturated heterocycles. The highest BCUT2D eigenvalue weighted by Gasteiger charge is 2.54. The van der Waals surface area contributed by atoms with Gasteiger partial charge in [-0.25, -0.2) is 4.39 Å².